The summed E-state index contributed by atoms with van der Waals surface area (Å²) < 4.78 is 61.8. The number of rotatable bonds is 1. The molecule has 0 saturated heterocycles. The molecule has 1 aromatic rings. The van der Waals surface area contributed by atoms with Crippen molar-refractivity contribution in [3.8, 4) is 0 Å². The topological polar surface area (TPSA) is 0 Å². The van der Waals surface area contributed by atoms with Gasteiger partial charge in [-0.1, -0.05) is 0 Å². The Morgan fingerprint density at radius 3 is 1.69 bits per heavy atom. The lowest BCUT2D eigenvalue weighted by molar-refractivity contribution is 0.0477. The molecule has 5 heteroatoms. The largest absolute Gasteiger partial charge is 0.273 e. The van der Waals surface area contributed by atoms with E-state index in [-0.39, 0.29) is 12.1 Å². The minimum absolute atomic E-state index is 0.214. The number of hydrogen-bond donors (Lipinski definition) is 0. The van der Waals surface area contributed by atoms with Crippen molar-refractivity contribution in [2.75, 3.05) is 0 Å². The van der Waals surface area contributed by atoms with Gasteiger partial charge in [-0.3, -0.25) is 0 Å². The average molecular weight is 195 g/mol. The molecule has 0 amide bonds. The molecule has 0 aliphatic rings. The van der Waals surface area contributed by atoms with E-state index in [1.54, 1.807) is 0 Å². The van der Waals surface area contributed by atoms with Gasteiger partial charge in [0, 0.05) is 12.5 Å². The number of benzene rings is 1. The van der Waals surface area contributed by atoms with Gasteiger partial charge in [0.05, 0.1) is 0 Å². The standard InChI is InChI=1S/C8H4F5/c1-8(12,13)4-2-5(9)7(11)6(10)3-4/h2-3H,1H2. The van der Waals surface area contributed by atoms with Crippen LogP contribution in [0.1, 0.15) is 5.56 Å². The predicted molar refractivity (Wildman–Crippen MR) is 35.6 cm³/mol. The first-order chi connectivity index (χ1) is 5.82. The first-order valence-corrected chi connectivity index (χ1v) is 3.20. The lowest BCUT2D eigenvalue weighted by atomic mass is 10.1. The van der Waals surface area contributed by atoms with Crippen molar-refractivity contribution in [3.05, 3.63) is 42.1 Å². The van der Waals surface area contributed by atoms with Crippen molar-refractivity contribution < 1.29 is 22.0 Å². The highest BCUT2D eigenvalue weighted by Crippen LogP contribution is 2.28. The minimum atomic E-state index is -3.63. The van der Waals surface area contributed by atoms with Crippen molar-refractivity contribution in [1.82, 2.24) is 0 Å². The molecular formula is C8H4F5. The SMILES string of the molecule is [CH2]C(F)(F)c1cc(F)c(F)c(F)c1. The maximum absolute atomic E-state index is 12.4. The Balaban J connectivity index is 3.29. The monoisotopic (exact) mass is 195 g/mol. The molecule has 0 N–H and O–H groups in total. The van der Waals surface area contributed by atoms with Gasteiger partial charge in [0.15, 0.2) is 17.5 Å². The first kappa shape index (κ1) is 9.95. The van der Waals surface area contributed by atoms with E-state index in [1.807, 2.05) is 0 Å². The van der Waals surface area contributed by atoms with Crippen LogP contribution >= 0.6 is 0 Å². The van der Waals surface area contributed by atoms with Gasteiger partial charge in [-0.05, 0) is 12.1 Å². The minimum Gasteiger partial charge on any atom is -0.204 e. The number of halogens is 5. The fourth-order valence-corrected chi connectivity index (χ4v) is 0.767. The molecule has 0 spiro atoms. The second-order valence-corrected chi connectivity index (χ2v) is 2.46. The molecule has 0 heterocycles. The van der Waals surface area contributed by atoms with Crippen LogP contribution in [0, 0.1) is 24.4 Å². The third kappa shape index (κ3) is 1.96. The molecule has 0 atom stereocenters. The second kappa shape index (κ2) is 2.97. The van der Waals surface area contributed by atoms with E-state index in [0.717, 1.165) is 0 Å². The van der Waals surface area contributed by atoms with E-state index >= 15 is 0 Å². The molecule has 0 saturated carbocycles. The molecule has 0 aliphatic carbocycles. The Labute approximate surface area is 71.0 Å². The van der Waals surface area contributed by atoms with Crippen LogP contribution in [-0.2, 0) is 5.92 Å². The van der Waals surface area contributed by atoms with Gasteiger partial charge >= 0.3 is 0 Å². The summed E-state index contributed by atoms with van der Waals surface area (Å²) in [7, 11) is 0. The highest BCUT2D eigenvalue weighted by Gasteiger charge is 2.27. The zero-order valence-electron chi connectivity index (χ0n) is 6.25. The summed E-state index contributed by atoms with van der Waals surface area (Å²) in [6.45, 7) is 2.36. The lowest BCUT2D eigenvalue weighted by Gasteiger charge is -2.10. The van der Waals surface area contributed by atoms with E-state index in [1.165, 1.54) is 0 Å². The molecule has 13 heavy (non-hydrogen) atoms. The second-order valence-electron chi connectivity index (χ2n) is 2.46. The molecule has 1 radical (unpaired) electrons. The first-order valence-electron chi connectivity index (χ1n) is 3.20. The zero-order valence-corrected chi connectivity index (χ0v) is 6.25. The molecule has 0 fully saturated rings. The molecule has 0 aliphatic heterocycles. The van der Waals surface area contributed by atoms with Crippen LogP contribution in [0.4, 0.5) is 22.0 Å². The summed E-state index contributed by atoms with van der Waals surface area (Å²) in [6, 6.07) is 0.427. The molecule has 1 rings (SSSR count). The molecular weight excluding hydrogens is 191 g/mol. The highest BCUT2D eigenvalue weighted by molar-refractivity contribution is 5.24. The predicted octanol–water partition coefficient (Wildman–Crippen LogP) is 3.03. The summed E-state index contributed by atoms with van der Waals surface area (Å²) >= 11 is 0. The third-order valence-corrected chi connectivity index (χ3v) is 1.41. The van der Waals surface area contributed by atoms with Gasteiger partial charge in [-0.15, -0.1) is 0 Å². The molecule has 1 aromatic carbocycles. The van der Waals surface area contributed by atoms with Crippen molar-refractivity contribution in [3.63, 3.8) is 0 Å². The lowest BCUT2D eigenvalue weighted by Crippen LogP contribution is -2.09. The van der Waals surface area contributed by atoms with Gasteiger partial charge in [0.1, 0.15) is 0 Å². The van der Waals surface area contributed by atoms with Crippen LogP contribution in [0.25, 0.3) is 0 Å². The Morgan fingerprint density at radius 1 is 1.00 bits per heavy atom. The number of alkyl halides is 2. The summed E-state index contributed by atoms with van der Waals surface area (Å²) in [5.74, 6) is -8.71. The van der Waals surface area contributed by atoms with Crippen molar-refractivity contribution in [2.24, 2.45) is 0 Å². The van der Waals surface area contributed by atoms with Crippen LogP contribution in [-0.4, -0.2) is 0 Å². The van der Waals surface area contributed by atoms with Crippen LogP contribution in [0.15, 0.2) is 12.1 Å². The summed E-state index contributed by atoms with van der Waals surface area (Å²) in [5, 5.41) is 0. The maximum Gasteiger partial charge on any atom is 0.273 e. The fraction of sp³-hybridized carbons (Fsp3) is 0.125. The summed E-state index contributed by atoms with van der Waals surface area (Å²) in [4.78, 5) is 0. The van der Waals surface area contributed by atoms with E-state index in [2.05, 4.69) is 6.92 Å². The normalized spacial score (nSPS) is 11.8. The average Bonchev–Trinajstić information content (AvgIpc) is 1.97. The van der Waals surface area contributed by atoms with Crippen molar-refractivity contribution in [2.45, 2.75) is 5.92 Å². The zero-order chi connectivity index (χ0) is 10.2. The third-order valence-electron chi connectivity index (χ3n) is 1.41. The molecule has 0 bridgehead atoms. The Morgan fingerprint density at radius 2 is 1.38 bits per heavy atom. The van der Waals surface area contributed by atoms with Crippen LogP contribution in [0.2, 0.25) is 0 Å². The molecule has 0 aromatic heterocycles. The molecule has 0 unspecified atom stereocenters. The van der Waals surface area contributed by atoms with E-state index in [4.69, 9.17) is 0 Å². The van der Waals surface area contributed by atoms with E-state index in [0.29, 0.717) is 0 Å². The van der Waals surface area contributed by atoms with Crippen LogP contribution < -0.4 is 0 Å². The van der Waals surface area contributed by atoms with Crippen LogP contribution in [0.5, 0.6) is 0 Å². The van der Waals surface area contributed by atoms with Crippen LogP contribution in [0.3, 0.4) is 0 Å². The van der Waals surface area contributed by atoms with Gasteiger partial charge < -0.3 is 0 Å². The summed E-state index contributed by atoms with van der Waals surface area (Å²) in [6.07, 6.45) is 0. The number of hydrogen-bond acceptors (Lipinski definition) is 0. The molecule has 0 nitrogen and oxygen atoms in total. The highest BCUT2D eigenvalue weighted by atomic mass is 19.3. The van der Waals surface area contributed by atoms with Gasteiger partial charge in [0.2, 0.25) is 0 Å². The van der Waals surface area contributed by atoms with Crippen molar-refractivity contribution >= 4 is 0 Å². The van der Waals surface area contributed by atoms with E-state index < -0.39 is 28.9 Å². The Kier molecular flexibility index (Phi) is 2.28. The van der Waals surface area contributed by atoms with E-state index in [9.17, 15) is 22.0 Å². The molecule has 71 valence electrons. The quantitative estimate of drug-likeness (QED) is 0.477. The van der Waals surface area contributed by atoms with Gasteiger partial charge in [-0.2, -0.15) is 0 Å². The Bertz CT molecular complexity index is 303. The van der Waals surface area contributed by atoms with Gasteiger partial charge in [0.25, 0.3) is 5.92 Å². The maximum atomic E-state index is 12.4. The smallest absolute Gasteiger partial charge is 0.204 e. The Hall–Kier alpha value is -1.13. The van der Waals surface area contributed by atoms with Crippen molar-refractivity contribution in [1.29, 1.82) is 0 Å². The fourth-order valence-electron chi connectivity index (χ4n) is 0.767. The van der Waals surface area contributed by atoms with Gasteiger partial charge in [-0.25, -0.2) is 22.0 Å². The summed E-state index contributed by atoms with van der Waals surface area (Å²) in [5.41, 5.74) is -0.996.